The van der Waals surface area contributed by atoms with Crippen molar-refractivity contribution in [2.45, 2.75) is 43.9 Å². The predicted octanol–water partition coefficient (Wildman–Crippen LogP) is 2.74. The lowest BCUT2D eigenvalue weighted by molar-refractivity contribution is 0.257. The molecule has 1 saturated carbocycles. The van der Waals surface area contributed by atoms with Crippen LogP contribution in [0.3, 0.4) is 0 Å². The van der Waals surface area contributed by atoms with Crippen LogP contribution in [0, 0.1) is 0 Å². The summed E-state index contributed by atoms with van der Waals surface area (Å²) in [7, 11) is 0. The molecule has 0 radical (unpaired) electrons. The Morgan fingerprint density at radius 1 is 1.26 bits per heavy atom. The summed E-state index contributed by atoms with van der Waals surface area (Å²) < 4.78 is 5.50. The SMILES string of the molecule is NCC1(c2nc(-c3cscn3)no2)CCCCCC1. The Kier molecular flexibility index (Phi) is 3.61. The average Bonchev–Trinajstić information content (AvgIpc) is 3.06. The molecule has 102 valence electrons. The Hall–Kier alpha value is -1.27. The Bertz CT molecular complexity index is 514. The maximum absolute atomic E-state index is 6.03. The van der Waals surface area contributed by atoms with Gasteiger partial charge in [0.1, 0.15) is 5.69 Å². The van der Waals surface area contributed by atoms with Gasteiger partial charge in [-0.15, -0.1) is 11.3 Å². The number of nitrogens with zero attached hydrogens (tertiary/aromatic N) is 3. The van der Waals surface area contributed by atoms with Crippen molar-refractivity contribution in [3.05, 3.63) is 16.8 Å². The zero-order chi connectivity index (χ0) is 13.1. The van der Waals surface area contributed by atoms with Gasteiger partial charge in [-0.3, -0.25) is 0 Å². The van der Waals surface area contributed by atoms with E-state index in [4.69, 9.17) is 10.3 Å². The van der Waals surface area contributed by atoms with Crippen LogP contribution in [0.15, 0.2) is 15.4 Å². The third-order valence-corrected chi connectivity index (χ3v) is 4.58. The number of hydrogen-bond donors (Lipinski definition) is 1. The van der Waals surface area contributed by atoms with Crippen LogP contribution < -0.4 is 5.73 Å². The first-order valence-corrected chi connectivity index (χ1v) is 7.71. The fourth-order valence-electron chi connectivity index (χ4n) is 2.78. The molecule has 2 N–H and O–H groups in total. The molecule has 0 spiro atoms. The molecule has 6 heteroatoms. The largest absolute Gasteiger partial charge is 0.338 e. The van der Waals surface area contributed by atoms with Crippen molar-refractivity contribution in [1.29, 1.82) is 0 Å². The number of rotatable bonds is 3. The molecule has 0 unspecified atom stereocenters. The fourth-order valence-corrected chi connectivity index (χ4v) is 3.31. The van der Waals surface area contributed by atoms with Crippen molar-refractivity contribution in [3.8, 4) is 11.5 Å². The fraction of sp³-hybridized carbons (Fsp3) is 0.615. The van der Waals surface area contributed by atoms with E-state index >= 15 is 0 Å². The molecule has 0 bridgehead atoms. The molecule has 0 saturated heterocycles. The van der Waals surface area contributed by atoms with Crippen LogP contribution >= 0.6 is 11.3 Å². The van der Waals surface area contributed by atoms with E-state index in [-0.39, 0.29) is 5.41 Å². The maximum Gasteiger partial charge on any atom is 0.234 e. The normalized spacial score (nSPS) is 19.2. The van der Waals surface area contributed by atoms with Crippen molar-refractivity contribution < 1.29 is 4.52 Å². The van der Waals surface area contributed by atoms with Crippen LogP contribution in [0.5, 0.6) is 0 Å². The second-order valence-electron chi connectivity index (χ2n) is 5.20. The summed E-state index contributed by atoms with van der Waals surface area (Å²) in [5.41, 5.74) is 8.45. The Balaban J connectivity index is 1.91. The molecule has 5 nitrogen and oxygen atoms in total. The number of thiazole rings is 1. The lowest BCUT2D eigenvalue weighted by Crippen LogP contribution is -2.35. The monoisotopic (exact) mass is 278 g/mol. The lowest BCUT2D eigenvalue weighted by atomic mass is 9.80. The molecular formula is C13H18N4OS. The molecule has 2 aromatic heterocycles. The molecule has 1 fully saturated rings. The molecule has 2 aromatic rings. The minimum Gasteiger partial charge on any atom is -0.338 e. The van der Waals surface area contributed by atoms with Crippen LogP contribution in [0.4, 0.5) is 0 Å². The molecular weight excluding hydrogens is 260 g/mol. The van der Waals surface area contributed by atoms with Gasteiger partial charge in [-0.1, -0.05) is 30.8 Å². The summed E-state index contributed by atoms with van der Waals surface area (Å²) in [6.07, 6.45) is 7.01. The van der Waals surface area contributed by atoms with Gasteiger partial charge in [0.15, 0.2) is 0 Å². The minimum absolute atomic E-state index is 0.127. The molecule has 3 rings (SSSR count). The van der Waals surface area contributed by atoms with Gasteiger partial charge in [-0.25, -0.2) is 4.98 Å². The van der Waals surface area contributed by atoms with Crippen molar-refractivity contribution in [2.24, 2.45) is 5.73 Å². The van der Waals surface area contributed by atoms with Crippen LogP contribution in [-0.2, 0) is 5.41 Å². The van der Waals surface area contributed by atoms with Gasteiger partial charge in [0.05, 0.1) is 10.9 Å². The highest BCUT2D eigenvalue weighted by molar-refractivity contribution is 7.07. The lowest BCUT2D eigenvalue weighted by Gasteiger charge is -2.26. The van der Waals surface area contributed by atoms with Crippen LogP contribution in [0.25, 0.3) is 11.5 Å². The van der Waals surface area contributed by atoms with Gasteiger partial charge in [0, 0.05) is 11.9 Å². The van der Waals surface area contributed by atoms with E-state index in [0.29, 0.717) is 18.3 Å². The molecule has 1 aliphatic rings. The topological polar surface area (TPSA) is 77.8 Å². The Morgan fingerprint density at radius 3 is 2.68 bits per heavy atom. The van der Waals surface area contributed by atoms with E-state index in [1.807, 2.05) is 5.38 Å². The number of aromatic nitrogens is 3. The Morgan fingerprint density at radius 2 is 2.05 bits per heavy atom. The van der Waals surface area contributed by atoms with Gasteiger partial charge in [0.2, 0.25) is 11.7 Å². The van der Waals surface area contributed by atoms with Gasteiger partial charge in [0.25, 0.3) is 0 Å². The highest BCUT2D eigenvalue weighted by Crippen LogP contribution is 2.37. The van der Waals surface area contributed by atoms with E-state index < -0.39 is 0 Å². The van der Waals surface area contributed by atoms with Crippen LogP contribution in [0.2, 0.25) is 0 Å². The van der Waals surface area contributed by atoms with Crippen molar-refractivity contribution in [3.63, 3.8) is 0 Å². The summed E-state index contributed by atoms with van der Waals surface area (Å²) in [5.74, 6) is 1.27. The second kappa shape index (κ2) is 5.38. The van der Waals surface area contributed by atoms with Crippen molar-refractivity contribution in [1.82, 2.24) is 15.1 Å². The van der Waals surface area contributed by atoms with Crippen molar-refractivity contribution in [2.75, 3.05) is 6.54 Å². The summed E-state index contributed by atoms with van der Waals surface area (Å²) in [5, 5.41) is 5.99. The van der Waals surface area contributed by atoms with E-state index in [9.17, 15) is 0 Å². The highest BCUT2D eigenvalue weighted by atomic mass is 32.1. The molecule has 19 heavy (non-hydrogen) atoms. The first-order valence-electron chi connectivity index (χ1n) is 6.77. The third kappa shape index (κ3) is 2.42. The molecule has 0 amide bonds. The minimum atomic E-state index is -0.127. The zero-order valence-corrected chi connectivity index (χ0v) is 11.7. The van der Waals surface area contributed by atoms with Gasteiger partial charge < -0.3 is 10.3 Å². The Labute approximate surface area is 116 Å². The summed E-state index contributed by atoms with van der Waals surface area (Å²) in [4.78, 5) is 8.76. The smallest absolute Gasteiger partial charge is 0.234 e. The van der Waals surface area contributed by atoms with E-state index in [0.717, 1.165) is 18.5 Å². The summed E-state index contributed by atoms with van der Waals surface area (Å²) in [6.45, 7) is 0.575. The van der Waals surface area contributed by atoms with E-state index in [1.54, 1.807) is 5.51 Å². The van der Waals surface area contributed by atoms with Gasteiger partial charge in [-0.2, -0.15) is 4.98 Å². The zero-order valence-electron chi connectivity index (χ0n) is 10.8. The predicted molar refractivity (Wildman–Crippen MR) is 73.8 cm³/mol. The quantitative estimate of drug-likeness (QED) is 0.873. The van der Waals surface area contributed by atoms with E-state index in [2.05, 4.69) is 15.1 Å². The molecule has 0 aliphatic heterocycles. The number of hydrogen-bond acceptors (Lipinski definition) is 6. The second-order valence-corrected chi connectivity index (χ2v) is 5.91. The third-order valence-electron chi connectivity index (χ3n) is 3.99. The maximum atomic E-state index is 6.03. The highest BCUT2D eigenvalue weighted by Gasteiger charge is 2.37. The van der Waals surface area contributed by atoms with E-state index in [1.165, 1.54) is 37.0 Å². The molecule has 2 heterocycles. The van der Waals surface area contributed by atoms with Crippen LogP contribution in [-0.4, -0.2) is 21.7 Å². The number of nitrogens with two attached hydrogens (primary N) is 1. The van der Waals surface area contributed by atoms with Crippen molar-refractivity contribution >= 4 is 11.3 Å². The molecule has 0 aromatic carbocycles. The first kappa shape index (κ1) is 12.7. The summed E-state index contributed by atoms with van der Waals surface area (Å²) in [6, 6.07) is 0. The average molecular weight is 278 g/mol. The standard InChI is InChI=1S/C13H18N4OS/c14-8-13(5-3-1-2-4-6-13)12-16-11(17-18-12)10-7-19-9-15-10/h7,9H,1-6,8,14H2. The molecule has 1 aliphatic carbocycles. The van der Waals surface area contributed by atoms with Gasteiger partial charge >= 0.3 is 0 Å². The molecule has 0 atom stereocenters. The van der Waals surface area contributed by atoms with Gasteiger partial charge in [-0.05, 0) is 12.8 Å². The van der Waals surface area contributed by atoms with Crippen LogP contribution in [0.1, 0.15) is 44.4 Å². The first-order chi connectivity index (χ1) is 9.34. The summed E-state index contributed by atoms with van der Waals surface area (Å²) >= 11 is 1.53.